The van der Waals surface area contributed by atoms with Crippen LogP contribution in [-0.2, 0) is 4.74 Å². The van der Waals surface area contributed by atoms with E-state index in [1.165, 1.54) is 11.0 Å². The zero-order valence-electron chi connectivity index (χ0n) is 23.3. The van der Waals surface area contributed by atoms with E-state index >= 15 is 0 Å². The lowest BCUT2D eigenvalue weighted by Gasteiger charge is -2.36. The molecule has 3 N–H and O–H groups in total. The van der Waals surface area contributed by atoms with Crippen LogP contribution in [-0.4, -0.2) is 56.8 Å². The number of fused-ring (bicyclic) bond motifs is 1. The molecule has 0 saturated carbocycles. The molecule has 3 heterocycles. The maximum atomic E-state index is 14.6. The smallest absolute Gasteiger partial charge is 0.410 e. The van der Waals surface area contributed by atoms with Gasteiger partial charge in [-0.25, -0.2) is 28.5 Å². The van der Waals surface area contributed by atoms with E-state index in [0.29, 0.717) is 27.8 Å². The number of carbonyl (C=O) groups excluding carboxylic acids is 1. The number of anilines is 2. The monoisotopic (exact) mass is 562 g/mol. The standard InChI is InChI=1S/C30H32F2N6O3/c1-17-7-8-20-21(9-10-23(32)25(20)33)26(17)40-27-22(6-5-12-34-27)24-11-13-35-28(37-24)36-19-14-18(31)15-38(16-19)29(39)41-30(2,3)4/h5-13,18-19H,14-16,33H2,1-4H3,(H,35,36,37)/t18-,19-/m1/s1. The molecule has 1 fully saturated rings. The molecule has 0 radical (unpaired) electrons. The quantitative estimate of drug-likeness (QED) is 0.273. The number of halogens is 2. The van der Waals surface area contributed by atoms with Gasteiger partial charge in [-0.3, -0.25) is 0 Å². The molecule has 1 aliphatic heterocycles. The molecule has 1 saturated heterocycles. The Morgan fingerprint density at radius 3 is 2.63 bits per heavy atom. The van der Waals surface area contributed by atoms with Crippen molar-refractivity contribution in [1.82, 2.24) is 19.9 Å². The number of nitrogens with zero attached hydrogens (tertiary/aromatic N) is 4. The second-order valence-corrected chi connectivity index (χ2v) is 11.1. The highest BCUT2D eigenvalue weighted by atomic mass is 19.1. The highest BCUT2D eigenvalue weighted by Gasteiger charge is 2.33. The number of rotatable bonds is 5. The van der Waals surface area contributed by atoms with Crippen LogP contribution in [0.25, 0.3) is 22.0 Å². The van der Waals surface area contributed by atoms with Crippen molar-refractivity contribution in [3.05, 3.63) is 66.2 Å². The van der Waals surface area contributed by atoms with Crippen LogP contribution >= 0.6 is 0 Å². The minimum absolute atomic E-state index is 0.0315. The number of carbonyl (C=O) groups is 1. The van der Waals surface area contributed by atoms with E-state index in [-0.39, 0.29) is 37.0 Å². The van der Waals surface area contributed by atoms with Gasteiger partial charge in [-0.05, 0) is 63.6 Å². The Hall–Kier alpha value is -4.54. The number of hydrogen-bond donors (Lipinski definition) is 2. The molecular weight excluding hydrogens is 530 g/mol. The zero-order valence-corrected chi connectivity index (χ0v) is 23.3. The summed E-state index contributed by atoms with van der Waals surface area (Å²) < 4.78 is 40.4. The number of nitrogens with one attached hydrogen (secondary N) is 1. The van der Waals surface area contributed by atoms with Crippen LogP contribution in [0.2, 0.25) is 0 Å². The molecular formula is C30H32F2N6O3. The molecule has 214 valence electrons. The number of nitrogens with two attached hydrogens (primary N) is 1. The van der Waals surface area contributed by atoms with Crippen LogP contribution in [0.15, 0.2) is 54.9 Å². The van der Waals surface area contributed by atoms with Gasteiger partial charge in [-0.2, -0.15) is 0 Å². The third kappa shape index (κ3) is 6.29. The molecule has 2 aromatic carbocycles. The Bertz CT molecular complexity index is 1590. The maximum absolute atomic E-state index is 14.6. The van der Waals surface area contributed by atoms with E-state index in [2.05, 4.69) is 20.3 Å². The van der Waals surface area contributed by atoms with E-state index in [1.807, 2.05) is 19.1 Å². The highest BCUT2D eigenvalue weighted by Crippen LogP contribution is 2.38. The fourth-order valence-corrected chi connectivity index (χ4v) is 4.76. The van der Waals surface area contributed by atoms with E-state index < -0.39 is 29.7 Å². The van der Waals surface area contributed by atoms with Crippen LogP contribution < -0.4 is 15.8 Å². The lowest BCUT2D eigenvalue weighted by molar-refractivity contribution is 0.0124. The van der Waals surface area contributed by atoms with Crippen molar-refractivity contribution < 1.29 is 23.0 Å². The predicted molar refractivity (Wildman–Crippen MR) is 153 cm³/mol. The third-order valence-corrected chi connectivity index (χ3v) is 6.62. The van der Waals surface area contributed by atoms with Gasteiger partial charge in [0.25, 0.3) is 0 Å². The van der Waals surface area contributed by atoms with Crippen LogP contribution in [0.4, 0.5) is 25.2 Å². The van der Waals surface area contributed by atoms with Crippen LogP contribution in [0.3, 0.4) is 0 Å². The number of alkyl halides is 1. The van der Waals surface area contributed by atoms with Crippen molar-refractivity contribution in [3.63, 3.8) is 0 Å². The molecule has 0 spiro atoms. The average molecular weight is 563 g/mol. The van der Waals surface area contributed by atoms with Gasteiger partial charge in [0.2, 0.25) is 11.8 Å². The normalized spacial score (nSPS) is 17.4. The van der Waals surface area contributed by atoms with Gasteiger partial charge >= 0.3 is 6.09 Å². The largest absolute Gasteiger partial charge is 0.444 e. The fourth-order valence-electron chi connectivity index (χ4n) is 4.76. The summed E-state index contributed by atoms with van der Waals surface area (Å²) in [5.41, 5.74) is 7.27. The highest BCUT2D eigenvalue weighted by molar-refractivity contribution is 5.98. The second-order valence-electron chi connectivity index (χ2n) is 11.1. The minimum atomic E-state index is -1.22. The number of pyridine rings is 1. The van der Waals surface area contributed by atoms with Crippen molar-refractivity contribution in [2.24, 2.45) is 0 Å². The van der Waals surface area contributed by atoms with Crippen molar-refractivity contribution in [3.8, 4) is 22.9 Å². The fraction of sp³-hybridized carbons (Fsp3) is 0.333. The van der Waals surface area contributed by atoms with Gasteiger partial charge in [-0.1, -0.05) is 12.1 Å². The van der Waals surface area contributed by atoms with Crippen molar-refractivity contribution in [1.29, 1.82) is 0 Å². The molecule has 0 unspecified atom stereocenters. The Morgan fingerprint density at radius 1 is 1.07 bits per heavy atom. The Balaban J connectivity index is 1.40. The molecule has 41 heavy (non-hydrogen) atoms. The molecule has 0 bridgehead atoms. The van der Waals surface area contributed by atoms with Gasteiger partial charge in [0, 0.05) is 42.2 Å². The van der Waals surface area contributed by atoms with Crippen molar-refractivity contribution >= 4 is 28.5 Å². The van der Waals surface area contributed by atoms with E-state index in [0.717, 1.165) is 5.56 Å². The SMILES string of the molecule is Cc1ccc2c(N)c(F)ccc2c1Oc1ncccc1-c1ccnc(N[C@@H]2C[C@@H](F)CN(C(=O)OC(C)(C)C)C2)n1. The molecule has 4 aromatic rings. The van der Waals surface area contributed by atoms with Crippen LogP contribution in [0.1, 0.15) is 32.8 Å². The van der Waals surface area contributed by atoms with E-state index in [1.54, 1.807) is 57.4 Å². The van der Waals surface area contributed by atoms with E-state index in [4.69, 9.17) is 15.2 Å². The first-order valence-electron chi connectivity index (χ1n) is 13.3. The topological polar surface area (TPSA) is 115 Å². The summed E-state index contributed by atoms with van der Waals surface area (Å²) in [5.74, 6) is 0.552. The Labute approximate surface area is 236 Å². The molecule has 0 aliphatic carbocycles. The Morgan fingerprint density at radius 2 is 1.85 bits per heavy atom. The maximum Gasteiger partial charge on any atom is 0.410 e. The molecule has 11 heteroatoms. The first kappa shape index (κ1) is 28.0. The van der Waals surface area contributed by atoms with E-state index in [9.17, 15) is 13.6 Å². The lowest BCUT2D eigenvalue weighted by atomic mass is 10.0. The van der Waals surface area contributed by atoms with Crippen LogP contribution in [0.5, 0.6) is 11.6 Å². The average Bonchev–Trinajstić information content (AvgIpc) is 2.91. The van der Waals surface area contributed by atoms with Gasteiger partial charge in [0.15, 0.2) is 0 Å². The predicted octanol–water partition coefficient (Wildman–Crippen LogP) is 6.27. The van der Waals surface area contributed by atoms with Crippen molar-refractivity contribution in [2.75, 3.05) is 24.1 Å². The summed E-state index contributed by atoms with van der Waals surface area (Å²) in [6.45, 7) is 7.40. The first-order chi connectivity index (χ1) is 19.5. The first-order valence-corrected chi connectivity index (χ1v) is 13.3. The Kier molecular flexibility index (Phi) is 7.61. The number of amides is 1. The minimum Gasteiger partial charge on any atom is -0.444 e. The van der Waals surface area contributed by atoms with Crippen LogP contribution in [0, 0.1) is 12.7 Å². The summed E-state index contributed by atoms with van der Waals surface area (Å²) in [4.78, 5) is 27.3. The molecule has 1 amide bonds. The number of hydrogen-bond acceptors (Lipinski definition) is 8. The summed E-state index contributed by atoms with van der Waals surface area (Å²) >= 11 is 0. The second kappa shape index (κ2) is 11.1. The number of aromatic nitrogens is 3. The molecule has 9 nitrogen and oxygen atoms in total. The number of benzene rings is 2. The van der Waals surface area contributed by atoms with Gasteiger partial charge < -0.3 is 25.4 Å². The number of ether oxygens (including phenoxy) is 2. The summed E-state index contributed by atoms with van der Waals surface area (Å²) in [6, 6.07) is 11.4. The summed E-state index contributed by atoms with van der Waals surface area (Å²) in [7, 11) is 0. The molecule has 5 rings (SSSR count). The molecule has 2 atom stereocenters. The number of piperidine rings is 1. The lowest BCUT2D eigenvalue weighted by Crippen LogP contribution is -2.51. The summed E-state index contributed by atoms with van der Waals surface area (Å²) in [6.07, 6.45) is 1.59. The number of likely N-dealkylation sites (tertiary alicyclic amines) is 1. The van der Waals surface area contributed by atoms with Gasteiger partial charge in [-0.15, -0.1) is 0 Å². The third-order valence-electron chi connectivity index (χ3n) is 6.62. The van der Waals surface area contributed by atoms with Gasteiger partial charge in [0.05, 0.1) is 23.5 Å². The van der Waals surface area contributed by atoms with Gasteiger partial charge in [0.1, 0.15) is 23.3 Å². The number of nitrogen functional groups attached to an aromatic ring is 1. The van der Waals surface area contributed by atoms with Crippen molar-refractivity contribution in [2.45, 2.75) is 51.9 Å². The molecule has 2 aromatic heterocycles. The zero-order chi connectivity index (χ0) is 29.3. The molecule has 1 aliphatic rings. The number of aryl methyl sites for hydroxylation is 1. The summed E-state index contributed by atoms with van der Waals surface area (Å²) in [5, 5.41) is 4.35.